The number of nitrogens with one attached hydrogen (secondary N) is 1. The summed E-state index contributed by atoms with van der Waals surface area (Å²) in [6.45, 7) is 4.37. The van der Waals surface area contributed by atoms with E-state index in [4.69, 9.17) is 21.1 Å². The lowest BCUT2D eigenvalue weighted by molar-refractivity contribution is -0.117. The number of anilines is 1. The van der Waals surface area contributed by atoms with Crippen molar-refractivity contribution in [2.24, 2.45) is 0 Å². The molecule has 142 valence electrons. The molecule has 0 saturated carbocycles. The van der Waals surface area contributed by atoms with Gasteiger partial charge in [0, 0.05) is 6.04 Å². The highest BCUT2D eigenvalue weighted by Gasteiger charge is 2.28. The Hall–Kier alpha value is -2.24. The van der Waals surface area contributed by atoms with Gasteiger partial charge in [-0.05, 0) is 61.7 Å². The molecule has 0 spiro atoms. The van der Waals surface area contributed by atoms with Gasteiger partial charge in [0.15, 0.2) is 11.5 Å². The summed E-state index contributed by atoms with van der Waals surface area (Å²) in [6.07, 6.45) is 2.09. The Morgan fingerprint density at radius 1 is 1.19 bits per heavy atom. The number of likely N-dealkylation sites (tertiary alicyclic amines) is 1. The number of halogens is 1. The predicted octanol–water partition coefficient (Wildman–Crippen LogP) is 4.20. The standard InChI is InChI=1S/C21H23ClN2O3/c1-14-4-6-17(16(22)11-14)23-21(25)13-24-8-2-3-18(24)15-5-7-19-20(12-15)27-10-9-26-19/h4-7,11-12,18H,2-3,8-10,13H2,1H3,(H,23,25). The van der Waals surface area contributed by atoms with Gasteiger partial charge >= 0.3 is 0 Å². The fraction of sp³-hybridized carbons (Fsp3) is 0.381. The number of ether oxygens (including phenoxy) is 2. The predicted molar refractivity (Wildman–Crippen MR) is 106 cm³/mol. The van der Waals surface area contributed by atoms with Crippen LogP contribution >= 0.6 is 11.6 Å². The number of benzene rings is 2. The Morgan fingerprint density at radius 2 is 2.00 bits per heavy atom. The quantitative estimate of drug-likeness (QED) is 0.855. The van der Waals surface area contributed by atoms with E-state index >= 15 is 0 Å². The summed E-state index contributed by atoms with van der Waals surface area (Å²) in [4.78, 5) is 14.8. The van der Waals surface area contributed by atoms with Gasteiger partial charge in [0.25, 0.3) is 0 Å². The minimum Gasteiger partial charge on any atom is -0.486 e. The Morgan fingerprint density at radius 3 is 2.81 bits per heavy atom. The van der Waals surface area contributed by atoms with Crippen molar-refractivity contribution in [3.63, 3.8) is 0 Å². The number of hydrogen-bond donors (Lipinski definition) is 1. The lowest BCUT2D eigenvalue weighted by Crippen LogP contribution is -2.33. The van der Waals surface area contributed by atoms with E-state index < -0.39 is 0 Å². The van der Waals surface area contributed by atoms with Gasteiger partial charge in [-0.2, -0.15) is 0 Å². The molecule has 0 aliphatic carbocycles. The van der Waals surface area contributed by atoms with Crippen molar-refractivity contribution in [2.75, 3.05) is 31.6 Å². The number of nitrogens with zero attached hydrogens (tertiary/aromatic N) is 1. The molecular formula is C21H23ClN2O3. The highest BCUT2D eigenvalue weighted by molar-refractivity contribution is 6.33. The number of fused-ring (bicyclic) bond motifs is 1. The molecule has 2 aromatic carbocycles. The maximum absolute atomic E-state index is 12.6. The van der Waals surface area contributed by atoms with E-state index in [-0.39, 0.29) is 11.9 Å². The lowest BCUT2D eigenvalue weighted by atomic mass is 10.0. The molecule has 0 bridgehead atoms. The van der Waals surface area contributed by atoms with Crippen LogP contribution in [0.15, 0.2) is 36.4 Å². The molecule has 2 aromatic rings. The van der Waals surface area contributed by atoms with E-state index in [1.54, 1.807) is 0 Å². The minimum atomic E-state index is -0.0507. The highest BCUT2D eigenvalue weighted by Crippen LogP contribution is 2.38. The van der Waals surface area contributed by atoms with Gasteiger partial charge in [0.1, 0.15) is 13.2 Å². The van der Waals surface area contributed by atoms with Gasteiger partial charge < -0.3 is 14.8 Å². The first-order valence-electron chi connectivity index (χ1n) is 9.30. The molecule has 1 N–H and O–H groups in total. The first-order chi connectivity index (χ1) is 13.1. The third-order valence-electron chi connectivity index (χ3n) is 5.06. The number of carbonyl (C=O) groups excluding carboxylic acids is 1. The molecule has 1 atom stereocenters. The molecule has 0 radical (unpaired) electrons. The molecule has 2 aliphatic rings. The van der Waals surface area contributed by atoms with E-state index in [1.807, 2.05) is 37.3 Å². The van der Waals surface area contributed by atoms with Crippen molar-refractivity contribution < 1.29 is 14.3 Å². The smallest absolute Gasteiger partial charge is 0.238 e. The van der Waals surface area contributed by atoms with Gasteiger partial charge in [-0.3, -0.25) is 9.69 Å². The molecule has 5 nitrogen and oxygen atoms in total. The summed E-state index contributed by atoms with van der Waals surface area (Å²) < 4.78 is 11.3. The third kappa shape index (κ3) is 4.04. The molecule has 2 heterocycles. The molecule has 4 rings (SSSR count). The Balaban J connectivity index is 1.44. The van der Waals surface area contributed by atoms with Crippen molar-refractivity contribution in [1.29, 1.82) is 0 Å². The average Bonchev–Trinajstić information content (AvgIpc) is 3.11. The topological polar surface area (TPSA) is 50.8 Å². The fourth-order valence-electron chi connectivity index (χ4n) is 3.76. The van der Waals surface area contributed by atoms with E-state index in [0.717, 1.165) is 42.0 Å². The zero-order chi connectivity index (χ0) is 18.8. The lowest BCUT2D eigenvalue weighted by Gasteiger charge is -2.26. The van der Waals surface area contributed by atoms with Crippen LogP contribution in [0, 0.1) is 6.92 Å². The van der Waals surface area contributed by atoms with E-state index in [9.17, 15) is 4.79 Å². The Kier molecular flexibility index (Phi) is 5.23. The van der Waals surface area contributed by atoms with Crippen LogP contribution < -0.4 is 14.8 Å². The molecule has 0 aromatic heterocycles. The molecule has 1 saturated heterocycles. The number of rotatable bonds is 4. The second-order valence-corrected chi connectivity index (χ2v) is 7.47. The zero-order valence-corrected chi connectivity index (χ0v) is 16.1. The first kappa shape index (κ1) is 18.1. The molecule has 27 heavy (non-hydrogen) atoms. The van der Waals surface area contributed by atoms with Crippen LogP contribution in [0.3, 0.4) is 0 Å². The van der Waals surface area contributed by atoms with Crippen LogP contribution in [0.2, 0.25) is 5.02 Å². The second kappa shape index (κ2) is 7.79. The minimum absolute atomic E-state index is 0.0507. The number of aryl methyl sites for hydroxylation is 1. The van der Waals surface area contributed by atoms with E-state index in [2.05, 4.69) is 16.3 Å². The monoisotopic (exact) mass is 386 g/mol. The SMILES string of the molecule is Cc1ccc(NC(=O)CN2CCCC2c2ccc3c(c2)OCCO3)c(Cl)c1. The maximum Gasteiger partial charge on any atom is 0.238 e. The van der Waals surface area contributed by atoms with Crippen LogP contribution in [-0.4, -0.2) is 37.1 Å². The molecule has 6 heteroatoms. The summed E-state index contributed by atoms with van der Waals surface area (Å²) >= 11 is 6.23. The molecule has 1 fully saturated rings. The van der Waals surface area contributed by atoms with Crippen LogP contribution in [-0.2, 0) is 4.79 Å². The van der Waals surface area contributed by atoms with Gasteiger partial charge in [0.2, 0.25) is 5.91 Å². The van der Waals surface area contributed by atoms with Crippen molar-refractivity contribution in [1.82, 2.24) is 4.90 Å². The third-order valence-corrected chi connectivity index (χ3v) is 5.37. The van der Waals surface area contributed by atoms with Crippen molar-refractivity contribution in [3.8, 4) is 11.5 Å². The Bertz CT molecular complexity index is 855. The number of hydrogen-bond acceptors (Lipinski definition) is 4. The summed E-state index contributed by atoms with van der Waals surface area (Å²) in [5, 5.41) is 3.49. The van der Waals surface area contributed by atoms with Crippen molar-refractivity contribution >= 4 is 23.2 Å². The van der Waals surface area contributed by atoms with Crippen LogP contribution in [0.1, 0.15) is 30.0 Å². The van der Waals surface area contributed by atoms with Crippen LogP contribution in [0.4, 0.5) is 5.69 Å². The molecular weight excluding hydrogens is 364 g/mol. The fourth-order valence-corrected chi connectivity index (χ4v) is 4.04. The van der Waals surface area contributed by atoms with E-state index in [0.29, 0.717) is 30.5 Å². The van der Waals surface area contributed by atoms with Crippen LogP contribution in [0.25, 0.3) is 0 Å². The number of carbonyl (C=O) groups is 1. The van der Waals surface area contributed by atoms with Crippen LogP contribution in [0.5, 0.6) is 11.5 Å². The van der Waals surface area contributed by atoms with Gasteiger partial charge in [-0.25, -0.2) is 0 Å². The molecule has 1 unspecified atom stereocenters. The second-order valence-electron chi connectivity index (χ2n) is 7.06. The van der Waals surface area contributed by atoms with Gasteiger partial charge in [-0.1, -0.05) is 23.7 Å². The van der Waals surface area contributed by atoms with Crippen molar-refractivity contribution in [2.45, 2.75) is 25.8 Å². The number of amides is 1. The van der Waals surface area contributed by atoms with Gasteiger partial charge in [0.05, 0.1) is 17.3 Å². The summed E-state index contributed by atoms with van der Waals surface area (Å²) in [7, 11) is 0. The normalized spacial score (nSPS) is 19.1. The molecule has 1 amide bonds. The molecule has 2 aliphatic heterocycles. The first-order valence-corrected chi connectivity index (χ1v) is 9.67. The van der Waals surface area contributed by atoms with Crippen molar-refractivity contribution in [3.05, 3.63) is 52.5 Å². The van der Waals surface area contributed by atoms with E-state index in [1.165, 1.54) is 0 Å². The zero-order valence-electron chi connectivity index (χ0n) is 15.3. The largest absolute Gasteiger partial charge is 0.486 e. The summed E-state index contributed by atoms with van der Waals surface area (Å²) in [5.41, 5.74) is 2.89. The summed E-state index contributed by atoms with van der Waals surface area (Å²) in [5.74, 6) is 1.54. The highest BCUT2D eigenvalue weighted by atomic mass is 35.5. The maximum atomic E-state index is 12.6. The van der Waals surface area contributed by atoms with Gasteiger partial charge in [-0.15, -0.1) is 0 Å². The Labute approximate surface area is 164 Å². The summed E-state index contributed by atoms with van der Waals surface area (Å²) in [6, 6.07) is 11.9. The average molecular weight is 387 g/mol.